The highest BCUT2D eigenvalue weighted by atomic mass is 16.4. The fraction of sp³-hybridized carbons (Fsp3) is 0.857. The normalized spacial score (nSPS) is 20.6. The molecule has 1 fully saturated rings. The van der Waals surface area contributed by atoms with Crippen molar-refractivity contribution in [2.24, 2.45) is 0 Å². The number of carboxylic acid groups (broad SMARTS) is 1. The van der Waals surface area contributed by atoms with Gasteiger partial charge in [0.2, 0.25) is 0 Å². The lowest BCUT2D eigenvalue weighted by molar-refractivity contribution is -0.138. The van der Waals surface area contributed by atoms with Crippen LogP contribution in [0.4, 0.5) is 4.79 Å². The number of aliphatic carboxylic acids is 1. The molecule has 116 valence electrons. The topological polar surface area (TPSA) is 81.1 Å². The van der Waals surface area contributed by atoms with Gasteiger partial charge in [0.05, 0.1) is 6.42 Å². The predicted molar refractivity (Wildman–Crippen MR) is 75.5 cm³/mol. The summed E-state index contributed by atoms with van der Waals surface area (Å²) in [5.74, 6) is -0.894. The fourth-order valence-corrected chi connectivity index (χ4v) is 2.86. The van der Waals surface area contributed by atoms with Gasteiger partial charge in [0.1, 0.15) is 0 Å². The van der Waals surface area contributed by atoms with Crippen molar-refractivity contribution >= 4 is 12.0 Å². The summed E-state index contributed by atoms with van der Waals surface area (Å²) in [5.41, 5.74) is 0. The first kappa shape index (κ1) is 16.8. The fourth-order valence-electron chi connectivity index (χ4n) is 2.86. The van der Waals surface area contributed by atoms with Crippen LogP contribution < -0.4 is 0 Å². The number of carbonyl (C=O) groups is 2. The van der Waals surface area contributed by atoms with Gasteiger partial charge in [-0.1, -0.05) is 0 Å². The van der Waals surface area contributed by atoms with Crippen LogP contribution in [0.25, 0.3) is 0 Å². The highest BCUT2D eigenvalue weighted by Crippen LogP contribution is 2.22. The molecule has 1 heterocycles. The lowest BCUT2D eigenvalue weighted by atomic mass is 10.00. The molecule has 6 nitrogen and oxygen atoms in total. The van der Waals surface area contributed by atoms with Gasteiger partial charge in [-0.15, -0.1) is 0 Å². The Kier molecular flexibility index (Phi) is 6.78. The minimum atomic E-state index is -0.894. The van der Waals surface area contributed by atoms with E-state index in [0.29, 0.717) is 19.5 Å². The van der Waals surface area contributed by atoms with Gasteiger partial charge in [-0.3, -0.25) is 4.79 Å². The molecule has 2 amide bonds. The summed E-state index contributed by atoms with van der Waals surface area (Å²) >= 11 is 0. The standard InChI is InChI=1S/C14H26N2O4/c1-3-15(11(2)10-13(18)19)14(20)16-8-5-4-6-12(16)7-9-17/h11-12,17H,3-10H2,1-2H3,(H,18,19). The van der Waals surface area contributed by atoms with Gasteiger partial charge in [-0.05, 0) is 39.5 Å². The van der Waals surface area contributed by atoms with Crippen molar-refractivity contribution in [2.75, 3.05) is 19.7 Å². The number of aliphatic hydroxyl groups is 1. The second-order valence-corrected chi connectivity index (χ2v) is 5.37. The number of piperidine rings is 1. The number of carbonyl (C=O) groups excluding carboxylic acids is 1. The highest BCUT2D eigenvalue weighted by Gasteiger charge is 2.31. The summed E-state index contributed by atoms with van der Waals surface area (Å²) in [6.45, 7) is 4.89. The monoisotopic (exact) mass is 286 g/mol. The summed E-state index contributed by atoms with van der Waals surface area (Å²) in [7, 11) is 0. The van der Waals surface area contributed by atoms with Crippen LogP contribution in [0, 0.1) is 0 Å². The van der Waals surface area contributed by atoms with E-state index >= 15 is 0 Å². The lowest BCUT2D eigenvalue weighted by Crippen LogP contribution is -2.53. The van der Waals surface area contributed by atoms with Crippen molar-refractivity contribution in [2.45, 2.75) is 58.0 Å². The van der Waals surface area contributed by atoms with E-state index in [0.717, 1.165) is 19.3 Å². The Labute approximate surface area is 120 Å². The predicted octanol–water partition coefficient (Wildman–Crippen LogP) is 1.53. The van der Waals surface area contributed by atoms with Crippen LogP contribution in [0.2, 0.25) is 0 Å². The Bertz CT molecular complexity index is 333. The third-order valence-electron chi connectivity index (χ3n) is 3.92. The third kappa shape index (κ3) is 4.37. The zero-order chi connectivity index (χ0) is 15.1. The van der Waals surface area contributed by atoms with Crippen LogP contribution in [0.3, 0.4) is 0 Å². The summed E-state index contributed by atoms with van der Waals surface area (Å²) < 4.78 is 0. The van der Waals surface area contributed by atoms with Crippen molar-refractivity contribution in [1.29, 1.82) is 0 Å². The first-order valence-corrected chi connectivity index (χ1v) is 7.41. The average Bonchev–Trinajstić information content (AvgIpc) is 2.39. The maximum absolute atomic E-state index is 12.6. The van der Waals surface area contributed by atoms with Gasteiger partial charge in [0.15, 0.2) is 0 Å². The Morgan fingerprint density at radius 1 is 1.40 bits per heavy atom. The van der Waals surface area contributed by atoms with Crippen molar-refractivity contribution in [3.63, 3.8) is 0 Å². The van der Waals surface area contributed by atoms with E-state index in [-0.39, 0.29) is 31.1 Å². The van der Waals surface area contributed by atoms with E-state index in [4.69, 9.17) is 10.2 Å². The molecule has 1 rings (SSSR count). The molecule has 0 aliphatic carbocycles. The maximum Gasteiger partial charge on any atom is 0.320 e. The van der Waals surface area contributed by atoms with Crippen molar-refractivity contribution in [1.82, 2.24) is 9.80 Å². The Morgan fingerprint density at radius 3 is 2.65 bits per heavy atom. The molecular formula is C14H26N2O4. The molecule has 2 unspecified atom stereocenters. The molecule has 0 aromatic rings. The summed E-state index contributed by atoms with van der Waals surface area (Å²) in [4.78, 5) is 26.8. The highest BCUT2D eigenvalue weighted by molar-refractivity contribution is 5.76. The molecule has 0 aromatic heterocycles. The number of likely N-dealkylation sites (tertiary alicyclic amines) is 1. The Balaban J connectivity index is 2.74. The van der Waals surface area contributed by atoms with Crippen molar-refractivity contribution < 1.29 is 19.8 Å². The average molecular weight is 286 g/mol. The zero-order valence-electron chi connectivity index (χ0n) is 12.4. The van der Waals surface area contributed by atoms with Gasteiger partial charge in [0, 0.05) is 31.8 Å². The molecule has 0 spiro atoms. The number of amides is 2. The number of aliphatic hydroxyl groups excluding tert-OH is 1. The van der Waals surface area contributed by atoms with Crippen LogP contribution >= 0.6 is 0 Å². The first-order chi connectivity index (χ1) is 9.51. The van der Waals surface area contributed by atoms with Gasteiger partial charge in [-0.2, -0.15) is 0 Å². The SMILES string of the molecule is CCN(C(=O)N1CCCCC1CCO)C(C)CC(=O)O. The summed E-state index contributed by atoms with van der Waals surface area (Å²) in [6.07, 6.45) is 3.51. The number of nitrogens with zero attached hydrogens (tertiary/aromatic N) is 2. The van der Waals surface area contributed by atoms with Gasteiger partial charge >= 0.3 is 12.0 Å². The number of urea groups is 1. The summed E-state index contributed by atoms with van der Waals surface area (Å²) in [5, 5.41) is 18.0. The Hall–Kier alpha value is -1.30. The molecule has 1 aliphatic heterocycles. The molecule has 20 heavy (non-hydrogen) atoms. The zero-order valence-corrected chi connectivity index (χ0v) is 12.4. The van der Waals surface area contributed by atoms with Crippen molar-refractivity contribution in [3.05, 3.63) is 0 Å². The van der Waals surface area contributed by atoms with Crippen LogP contribution in [-0.4, -0.2) is 63.8 Å². The Morgan fingerprint density at radius 2 is 2.10 bits per heavy atom. The first-order valence-electron chi connectivity index (χ1n) is 7.41. The van der Waals surface area contributed by atoms with Gasteiger partial charge in [-0.25, -0.2) is 4.79 Å². The smallest absolute Gasteiger partial charge is 0.320 e. The van der Waals surface area contributed by atoms with Crippen molar-refractivity contribution in [3.8, 4) is 0 Å². The lowest BCUT2D eigenvalue weighted by Gasteiger charge is -2.40. The second kappa shape index (κ2) is 8.09. The van der Waals surface area contributed by atoms with E-state index in [1.165, 1.54) is 0 Å². The molecule has 2 atom stereocenters. The number of carboxylic acids is 1. The molecule has 1 aliphatic rings. The number of hydrogen-bond donors (Lipinski definition) is 2. The molecule has 1 saturated heterocycles. The van der Waals surface area contributed by atoms with E-state index in [1.54, 1.807) is 11.8 Å². The van der Waals surface area contributed by atoms with Crippen LogP contribution in [0.5, 0.6) is 0 Å². The third-order valence-corrected chi connectivity index (χ3v) is 3.92. The van der Waals surface area contributed by atoms with Crippen LogP contribution in [0.1, 0.15) is 46.0 Å². The molecule has 0 aromatic carbocycles. The maximum atomic E-state index is 12.6. The summed E-state index contributed by atoms with van der Waals surface area (Å²) in [6, 6.07) is -0.339. The van der Waals surface area contributed by atoms with Gasteiger partial charge in [0.25, 0.3) is 0 Å². The van der Waals surface area contributed by atoms with E-state index in [2.05, 4.69) is 0 Å². The number of hydrogen-bond acceptors (Lipinski definition) is 3. The molecule has 2 N–H and O–H groups in total. The van der Waals surface area contributed by atoms with E-state index in [1.807, 2.05) is 11.8 Å². The van der Waals surface area contributed by atoms with E-state index < -0.39 is 5.97 Å². The van der Waals surface area contributed by atoms with Crippen LogP contribution in [-0.2, 0) is 4.79 Å². The minimum Gasteiger partial charge on any atom is -0.481 e. The minimum absolute atomic E-state index is 0.0436. The molecular weight excluding hydrogens is 260 g/mol. The molecule has 0 bridgehead atoms. The van der Waals surface area contributed by atoms with Gasteiger partial charge < -0.3 is 20.0 Å². The molecule has 6 heteroatoms. The second-order valence-electron chi connectivity index (χ2n) is 5.37. The van der Waals surface area contributed by atoms with E-state index in [9.17, 15) is 9.59 Å². The van der Waals surface area contributed by atoms with Crippen LogP contribution in [0.15, 0.2) is 0 Å². The number of rotatable bonds is 6. The largest absolute Gasteiger partial charge is 0.481 e. The quantitative estimate of drug-likeness (QED) is 0.776. The molecule has 0 saturated carbocycles. The molecule has 0 radical (unpaired) electrons.